The highest BCUT2D eigenvalue weighted by Gasteiger charge is 2.32. The summed E-state index contributed by atoms with van der Waals surface area (Å²) in [6.07, 6.45) is 2.58. The van der Waals surface area contributed by atoms with E-state index in [1.807, 2.05) is 6.92 Å². The molecule has 2 heterocycles. The quantitative estimate of drug-likeness (QED) is 0.721. The van der Waals surface area contributed by atoms with Gasteiger partial charge in [0.05, 0.1) is 6.10 Å². The smallest absolute Gasteiger partial charge is 0.107 e. The van der Waals surface area contributed by atoms with E-state index < -0.39 is 6.17 Å². The summed E-state index contributed by atoms with van der Waals surface area (Å²) in [4.78, 5) is 2.44. The Bertz CT molecular complexity index is 216. The Morgan fingerprint density at radius 3 is 2.56 bits per heavy atom. The first-order valence-electron chi connectivity index (χ1n) is 6.65. The van der Waals surface area contributed by atoms with Crippen molar-refractivity contribution in [1.82, 2.24) is 4.90 Å². The van der Waals surface area contributed by atoms with Crippen molar-refractivity contribution < 1.29 is 9.13 Å². The summed E-state index contributed by atoms with van der Waals surface area (Å²) in [6.45, 7) is 8.14. The van der Waals surface area contributed by atoms with Crippen molar-refractivity contribution in [2.24, 2.45) is 11.8 Å². The van der Waals surface area contributed by atoms with Gasteiger partial charge in [-0.25, -0.2) is 4.39 Å². The minimum Gasteiger partial charge on any atom is -0.376 e. The van der Waals surface area contributed by atoms with Crippen LogP contribution in [0.25, 0.3) is 0 Å². The molecule has 0 saturated carbocycles. The second-order valence-corrected chi connectivity index (χ2v) is 5.56. The predicted molar refractivity (Wildman–Crippen MR) is 63.3 cm³/mol. The zero-order valence-electron chi connectivity index (χ0n) is 10.5. The number of nitrogens with zero attached hydrogens (tertiary/aromatic N) is 1. The summed E-state index contributed by atoms with van der Waals surface area (Å²) in [6, 6.07) is 0. The van der Waals surface area contributed by atoms with Crippen LogP contribution in [0, 0.1) is 11.8 Å². The number of alkyl halides is 1. The molecule has 3 heteroatoms. The van der Waals surface area contributed by atoms with Crippen LogP contribution in [0.1, 0.15) is 33.1 Å². The van der Waals surface area contributed by atoms with E-state index >= 15 is 0 Å². The second kappa shape index (κ2) is 5.46. The van der Waals surface area contributed by atoms with E-state index in [9.17, 15) is 4.39 Å². The van der Waals surface area contributed by atoms with Gasteiger partial charge in [-0.1, -0.05) is 13.8 Å². The van der Waals surface area contributed by atoms with Gasteiger partial charge in [-0.15, -0.1) is 0 Å². The van der Waals surface area contributed by atoms with Gasteiger partial charge in [0.15, 0.2) is 0 Å². The van der Waals surface area contributed by atoms with Gasteiger partial charge in [-0.2, -0.15) is 0 Å². The molecule has 0 aromatic heterocycles. The molecule has 1 unspecified atom stereocenters. The lowest BCUT2D eigenvalue weighted by molar-refractivity contribution is -0.0749. The molecule has 94 valence electrons. The van der Waals surface area contributed by atoms with Gasteiger partial charge < -0.3 is 9.64 Å². The van der Waals surface area contributed by atoms with Crippen LogP contribution in [0.4, 0.5) is 4.39 Å². The van der Waals surface area contributed by atoms with Gasteiger partial charge in [-0.05, 0) is 31.8 Å². The fourth-order valence-corrected chi connectivity index (χ4v) is 2.70. The lowest BCUT2D eigenvalue weighted by atomic mass is 9.92. The largest absolute Gasteiger partial charge is 0.376 e. The van der Waals surface area contributed by atoms with Crippen LogP contribution in [-0.2, 0) is 4.74 Å². The number of hydrogen-bond acceptors (Lipinski definition) is 2. The first kappa shape index (κ1) is 12.3. The number of halogens is 1. The molecule has 16 heavy (non-hydrogen) atoms. The lowest BCUT2D eigenvalue weighted by Gasteiger charge is -2.38. The van der Waals surface area contributed by atoms with Gasteiger partial charge in [0.2, 0.25) is 0 Å². The zero-order chi connectivity index (χ0) is 11.5. The normalized spacial score (nSPS) is 38.8. The molecule has 0 aliphatic carbocycles. The monoisotopic (exact) mass is 229 g/mol. The maximum atomic E-state index is 13.5. The Labute approximate surface area is 98.1 Å². The third-order valence-electron chi connectivity index (χ3n) is 4.20. The Balaban J connectivity index is 1.80. The molecule has 2 nitrogen and oxygen atoms in total. The topological polar surface area (TPSA) is 12.5 Å². The van der Waals surface area contributed by atoms with E-state index in [4.69, 9.17) is 4.74 Å². The fraction of sp³-hybridized carbons (Fsp3) is 1.00. The average molecular weight is 229 g/mol. The van der Waals surface area contributed by atoms with Crippen LogP contribution in [-0.4, -0.2) is 43.4 Å². The van der Waals surface area contributed by atoms with E-state index in [1.165, 1.54) is 12.8 Å². The van der Waals surface area contributed by atoms with Gasteiger partial charge >= 0.3 is 0 Å². The van der Waals surface area contributed by atoms with Crippen molar-refractivity contribution in [2.45, 2.75) is 45.4 Å². The molecule has 2 aliphatic heterocycles. The Morgan fingerprint density at radius 1 is 1.19 bits per heavy atom. The molecule has 2 saturated heterocycles. The summed E-state index contributed by atoms with van der Waals surface area (Å²) in [7, 11) is 0. The van der Waals surface area contributed by atoms with E-state index in [0.717, 1.165) is 25.6 Å². The molecule has 2 rings (SSSR count). The van der Waals surface area contributed by atoms with Crippen molar-refractivity contribution in [1.29, 1.82) is 0 Å². The molecule has 0 radical (unpaired) electrons. The molecule has 2 aliphatic rings. The van der Waals surface area contributed by atoms with Gasteiger partial charge in [0.1, 0.15) is 6.17 Å². The van der Waals surface area contributed by atoms with E-state index in [-0.39, 0.29) is 12.0 Å². The van der Waals surface area contributed by atoms with Gasteiger partial charge in [0, 0.05) is 25.5 Å². The highest BCUT2D eigenvalue weighted by molar-refractivity contribution is 4.82. The molecule has 0 aromatic rings. The third kappa shape index (κ3) is 2.95. The Hall–Kier alpha value is -0.150. The first-order chi connectivity index (χ1) is 7.66. The van der Waals surface area contributed by atoms with Crippen molar-refractivity contribution in [3.05, 3.63) is 0 Å². The maximum Gasteiger partial charge on any atom is 0.107 e. The van der Waals surface area contributed by atoms with Crippen LogP contribution < -0.4 is 0 Å². The number of rotatable bonds is 2. The molecule has 0 aromatic carbocycles. The fourth-order valence-electron chi connectivity index (χ4n) is 2.70. The molecular formula is C13H24FNO. The molecule has 0 amide bonds. The maximum absolute atomic E-state index is 13.5. The Morgan fingerprint density at radius 2 is 1.88 bits per heavy atom. The highest BCUT2D eigenvalue weighted by atomic mass is 19.1. The summed E-state index contributed by atoms with van der Waals surface area (Å²) < 4.78 is 19.3. The van der Waals surface area contributed by atoms with Crippen molar-refractivity contribution in [2.75, 3.05) is 26.2 Å². The van der Waals surface area contributed by atoms with Crippen molar-refractivity contribution in [3.8, 4) is 0 Å². The summed E-state index contributed by atoms with van der Waals surface area (Å²) >= 11 is 0. The van der Waals surface area contributed by atoms with E-state index in [2.05, 4.69) is 11.8 Å². The SMILES string of the molecule is CC1CCN(C[C@H]2OCCC(F)[C@@H]2C)CC1. The van der Waals surface area contributed by atoms with Crippen molar-refractivity contribution >= 4 is 0 Å². The molecule has 0 spiro atoms. The standard InChI is InChI=1S/C13H24FNO/c1-10-3-6-15(7-4-10)9-13-11(2)12(14)5-8-16-13/h10-13H,3-9H2,1-2H3/t11-,12?,13+/m0/s1. The third-order valence-corrected chi connectivity index (χ3v) is 4.20. The first-order valence-corrected chi connectivity index (χ1v) is 6.65. The van der Waals surface area contributed by atoms with Gasteiger partial charge in [-0.3, -0.25) is 0 Å². The summed E-state index contributed by atoms with van der Waals surface area (Å²) in [5, 5.41) is 0. The minimum absolute atomic E-state index is 0.0631. The van der Waals surface area contributed by atoms with E-state index in [1.54, 1.807) is 0 Å². The summed E-state index contributed by atoms with van der Waals surface area (Å²) in [5.41, 5.74) is 0. The average Bonchev–Trinajstić information content (AvgIpc) is 2.28. The second-order valence-electron chi connectivity index (χ2n) is 5.56. The highest BCUT2D eigenvalue weighted by Crippen LogP contribution is 2.25. The summed E-state index contributed by atoms with van der Waals surface area (Å²) in [5.74, 6) is 0.919. The molecule has 3 atom stereocenters. The Kier molecular flexibility index (Phi) is 4.20. The number of piperidine rings is 1. The van der Waals surface area contributed by atoms with Gasteiger partial charge in [0.25, 0.3) is 0 Å². The van der Waals surface area contributed by atoms with Crippen LogP contribution in [0.15, 0.2) is 0 Å². The van der Waals surface area contributed by atoms with Crippen LogP contribution >= 0.6 is 0 Å². The molecule has 0 N–H and O–H groups in total. The molecule has 2 fully saturated rings. The van der Waals surface area contributed by atoms with Crippen LogP contribution in [0.3, 0.4) is 0 Å². The molecule has 0 bridgehead atoms. The van der Waals surface area contributed by atoms with Crippen LogP contribution in [0.5, 0.6) is 0 Å². The zero-order valence-corrected chi connectivity index (χ0v) is 10.5. The van der Waals surface area contributed by atoms with E-state index in [0.29, 0.717) is 13.0 Å². The van der Waals surface area contributed by atoms with Crippen molar-refractivity contribution in [3.63, 3.8) is 0 Å². The lowest BCUT2D eigenvalue weighted by Crippen LogP contribution is -2.46. The van der Waals surface area contributed by atoms with Crippen LogP contribution in [0.2, 0.25) is 0 Å². The number of likely N-dealkylation sites (tertiary alicyclic amines) is 1. The number of ether oxygens (including phenoxy) is 1. The number of hydrogen-bond donors (Lipinski definition) is 0. The predicted octanol–water partition coefficient (Wildman–Crippen LogP) is 2.48. The molecular weight excluding hydrogens is 205 g/mol. The minimum atomic E-state index is -0.664.